The molecule has 0 aromatic carbocycles. The highest BCUT2D eigenvalue weighted by Crippen LogP contribution is 2.27. The van der Waals surface area contributed by atoms with E-state index in [-0.39, 0.29) is 0 Å². The van der Waals surface area contributed by atoms with Crippen LogP contribution >= 0.6 is 25.4 Å². The first kappa shape index (κ1) is 19.6. The van der Waals surface area contributed by atoms with Crippen molar-refractivity contribution in [3.05, 3.63) is 46.4 Å². The van der Waals surface area contributed by atoms with Crippen LogP contribution in [0, 0.1) is 5.92 Å². The van der Waals surface area contributed by atoms with Gasteiger partial charge in [0.05, 0.1) is 5.71 Å². The Kier molecular flexibility index (Phi) is 7.13. The van der Waals surface area contributed by atoms with Gasteiger partial charge in [-0.05, 0) is 24.8 Å². The summed E-state index contributed by atoms with van der Waals surface area (Å²) in [5.41, 5.74) is 3.57. The molecule has 0 radical (unpaired) electrons. The van der Waals surface area contributed by atoms with Gasteiger partial charge in [-0.25, -0.2) is 4.99 Å². The summed E-state index contributed by atoms with van der Waals surface area (Å²) in [6, 6.07) is 0. The highest BCUT2D eigenvalue weighted by atomic mass is 32.1. The van der Waals surface area contributed by atoms with Gasteiger partial charge in [0.25, 0.3) is 0 Å². The van der Waals surface area contributed by atoms with Crippen molar-refractivity contribution in [3.8, 4) is 0 Å². The molecule has 2 aliphatic heterocycles. The quantitative estimate of drug-likeness (QED) is 0.509. The number of rotatable bonds is 5. The number of thiol groups is 2. The van der Waals surface area contributed by atoms with Gasteiger partial charge in [-0.15, -0.1) is 12.6 Å². The average Bonchev–Trinajstić information content (AvgIpc) is 2.58. The molecule has 0 amide bonds. The van der Waals surface area contributed by atoms with Gasteiger partial charge in [0.1, 0.15) is 11.5 Å². The molecule has 1 N–H and O–H groups in total. The first-order valence-electron chi connectivity index (χ1n) is 8.18. The highest BCUT2D eigenvalue weighted by Gasteiger charge is 2.20. The maximum absolute atomic E-state index is 4.68. The molecule has 1 atom stereocenters. The van der Waals surface area contributed by atoms with Gasteiger partial charge in [0.15, 0.2) is 0 Å². The molecule has 0 aromatic rings. The third kappa shape index (κ3) is 5.37. The Morgan fingerprint density at radius 1 is 1.52 bits per heavy atom. The van der Waals surface area contributed by atoms with Crippen LogP contribution in [-0.4, -0.2) is 42.6 Å². The summed E-state index contributed by atoms with van der Waals surface area (Å²) in [6.45, 7) is 9.79. The van der Waals surface area contributed by atoms with Gasteiger partial charge in [-0.2, -0.15) is 0 Å². The van der Waals surface area contributed by atoms with Crippen molar-refractivity contribution < 1.29 is 0 Å². The SMILES string of the molecule is C=C1CCN(S)C(NC)=C1N=C(C)/C(S)=C/N=CC1=CC(C)CN=C1. The smallest absolute Gasteiger partial charge is 0.138 e. The molecule has 0 saturated heterocycles. The molecule has 0 fully saturated rings. The third-order valence-corrected chi connectivity index (χ3v) is 4.70. The molecule has 25 heavy (non-hydrogen) atoms. The molecule has 7 heteroatoms. The molecule has 0 saturated carbocycles. The summed E-state index contributed by atoms with van der Waals surface area (Å²) >= 11 is 8.97. The Bertz CT molecular complexity index is 713. The minimum atomic E-state index is 0.447. The number of hydrogen-bond acceptors (Lipinski definition) is 7. The van der Waals surface area contributed by atoms with E-state index >= 15 is 0 Å². The fourth-order valence-corrected chi connectivity index (χ4v) is 2.89. The first-order valence-corrected chi connectivity index (χ1v) is 9.03. The van der Waals surface area contributed by atoms with Crippen LogP contribution in [0.3, 0.4) is 0 Å². The maximum atomic E-state index is 4.68. The Morgan fingerprint density at radius 2 is 2.28 bits per heavy atom. The number of dihydropyridines is 1. The van der Waals surface area contributed by atoms with Crippen LogP contribution in [-0.2, 0) is 0 Å². The second-order valence-corrected chi connectivity index (χ2v) is 7.02. The van der Waals surface area contributed by atoms with E-state index in [2.05, 4.69) is 65.3 Å². The molecule has 0 spiro atoms. The van der Waals surface area contributed by atoms with E-state index in [1.54, 1.807) is 12.4 Å². The summed E-state index contributed by atoms with van der Waals surface area (Å²) in [5, 5.41) is 3.13. The second-order valence-electron chi connectivity index (χ2n) is 6.05. The van der Waals surface area contributed by atoms with Crippen molar-refractivity contribution >= 4 is 43.6 Å². The maximum Gasteiger partial charge on any atom is 0.138 e. The molecule has 5 nitrogen and oxygen atoms in total. The zero-order valence-electron chi connectivity index (χ0n) is 14.9. The van der Waals surface area contributed by atoms with Crippen molar-refractivity contribution in [2.45, 2.75) is 20.3 Å². The first-order chi connectivity index (χ1) is 11.9. The Balaban J connectivity index is 2.17. The molecule has 1 unspecified atom stereocenters. The van der Waals surface area contributed by atoms with Crippen LogP contribution in [0.5, 0.6) is 0 Å². The molecule has 2 aliphatic rings. The Hall–Kier alpha value is -1.73. The van der Waals surface area contributed by atoms with Gasteiger partial charge in [-0.3, -0.25) is 9.98 Å². The predicted molar refractivity (Wildman–Crippen MR) is 115 cm³/mol. The van der Waals surface area contributed by atoms with E-state index in [1.165, 1.54) is 0 Å². The van der Waals surface area contributed by atoms with E-state index in [1.807, 2.05) is 24.5 Å². The van der Waals surface area contributed by atoms with Crippen LogP contribution in [0.15, 0.2) is 61.4 Å². The van der Waals surface area contributed by atoms with Crippen molar-refractivity contribution in [1.82, 2.24) is 9.62 Å². The predicted octanol–water partition coefficient (Wildman–Crippen LogP) is 3.43. The lowest BCUT2D eigenvalue weighted by atomic mass is 10.1. The zero-order chi connectivity index (χ0) is 18.4. The topological polar surface area (TPSA) is 52.3 Å². The van der Waals surface area contributed by atoms with Crippen molar-refractivity contribution in [2.24, 2.45) is 20.9 Å². The number of nitrogens with one attached hydrogen (secondary N) is 1. The van der Waals surface area contributed by atoms with Crippen molar-refractivity contribution in [1.29, 1.82) is 0 Å². The standard InChI is InChI=1S/C18H25N5S2/c1-12-7-15(9-20-8-12)10-21-11-16(24)14(3)22-17-13(2)5-6-23(25)18(17)19-4/h7,9-12,19,24-25H,2,5-6,8H2,1,3-4H3/b16-11-,21-10?,22-14?. The van der Waals surface area contributed by atoms with Crippen LogP contribution in [0.25, 0.3) is 0 Å². The fourth-order valence-electron chi connectivity index (χ4n) is 2.48. The summed E-state index contributed by atoms with van der Waals surface area (Å²) in [5.74, 6) is 1.30. The Labute approximate surface area is 161 Å². The van der Waals surface area contributed by atoms with Crippen LogP contribution in [0.2, 0.25) is 0 Å². The monoisotopic (exact) mass is 375 g/mol. The lowest BCUT2D eigenvalue weighted by Gasteiger charge is -2.28. The van der Waals surface area contributed by atoms with E-state index in [0.717, 1.165) is 47.9 Å². The molecule has 0 bridgehead atoms. The normalized spacial score (nSPS) is 22.8. The van der Waals surface area contributed by atoms with E-state index < -0.39 is 0 Å². The summed E-state index contributed by atoms with van der Waals surface area (Å²) in [7, 11) is 1.85. The van der Waals surface area contributed by atoms with Gasteiger partial charge in [0, 0.05) is 49.2 Å². The third-order valence-electron chi connectivity index (χ3n) is 3.86. The average molecular weight is 376 g/mol. The van der Waals surface area contributed by atoms with Gasteiger partial charge >= 0.3 is 0 Å². The molecule has 134 valence electrons. The number of aliphatic imine (C=N–C) groups is 3. The zero-order valence-corrected chi connectivity index (χ0v) is 16.7. The molecular weight excluding hydrogens is 350 g/mol. The van der Waals surface area contributed by atoms with Gasteiger partial charge in [-0.1, -0.05) is 32.4 Å². The van der Waals surface area contributed by atoms with Crippen LogP contribution in [0.4, 0.5) is 0 Å². The molecule has 2 heterocycles. The molecule has 0 aromatic heterocycles. The molecule has 2 rings (SSSR count). The van der Waals surface area contributed by atoms with Crippen LogP contribution < -0.4 is 5.32 Å². The second kappa shape index (κ2) is 9.10. The summed E-state index contributed by atoms with van der Waals surface area (Å²) in [6.07, 6.45) is 8.31. The fraction of sp³-hybridized carbons (Fsp3) is 0.389. The van der Waals surface area contributed by atoms with E-state index in [4.69, 9.17) is 0 Å². The van der Waals surface area contributed by atoms with E-state index in [9.17, 15) is 0 Å². The lowest BCUT2D eigenvalue weighted by Crippen LogP contribution is -2.29. The summed E-state index contributed by atoms with van der Waals surface area (Å²) in [4.78, 5) is 14.0. The van der Waals surface area contributed by atoms with Crippen molar-refractivity contribution in [2.75, 3.05) is 20.1 Å². The van der Waals surface area contributed by atoms with Crippen LogP contribution in [0.1, 0.15) is 20.3 Å². The largest absolute Gasteiger partial charge is 0.372 e. The molecular formula is C18H25N5S2. The van der Waals surface area contributed by atoms with Crippen molar-refractivity contribution in [3.63, 3.8) is 0 Å². The minimum absolute atomic E-state index is 0.447. The molecule has 0 aliphatic carbocycles. The minimum Gasteiger partial charge on any atom is -0.372 e. The number of hydrogen-bond donors (Lipinski definition) is 3. The van der Waals surface area contributed by atoms with E-state index in [0.29, 0.717) is 10.8 Å². The Morgan fingerprint density at radius 3 is 2.96 bits per heavy atom. The summed E-state index contributed by atoms with van der Waals surface area (Å²) < 4.78 is 1.84. The lowest BCUT2D eigenvalue weighted by molar-refractivity contribution is 0.511. The number of nitrogens with zero attached hydrogens (tertiary/aromatic N) is 4. The van der Waals surface area contributed by atoms with Gasteiger partial charge in [0.2, 0.25) is 0 Å². The van der Waals surface area contributed by atoms with Gasteiger partial charge < -0.3 is 9.62 Å². The highest BCUT2D eigenvalue weighted by molar-refractivity contribution is 7.85. The number of allylic oxidation sites excluding steroid dienone is 3.